The van der Waals surface area contributed by atoms with Gasteiger partial charge in [-0.1, -0.05) is 12.1 Å². The van der Waals surface area contributed by atoms with E-state index in [2.05, 4.69) is 0 Å². The number of thioether (sulfide) groups is 1. The quantitative estimate of drug-likeness (QED) is 0.294. The van der Waals surface area contributed by atoms with Gasteiger partial charge in [0, 0.05) is 27.8 Å². The molecule has 0 atom stereocenters. The molecule has 0 saturated carbocycles. The number of hydrogen-bond acceptors (Lipinski definition) is 6. The summed E-state index contributed by atoms with van der Waals surface area (Å²) in [6, 6.07) is 16.6. The van der Waals surface area contributed by atoms with Crippen molar-refractivity contribution in [3.63, 3.8) is 0 Å². The van der Waals surface area contributed by atoms with E-state index in [1.165, 1.54) is 21.5 Å². The summed E-state index contributed by atoms with van der Waals surface area (Å²) in [6.45, 7) is 2.35. The third kappa shape index (κ3) is 4.80. The van der Waals surface area contributed by atoms with Crippen LogP contribution in [0.25, 0.3) is 21.3 Å². The van der Waals surface area contributed by atoms with Gasteiger partial charge in [-0.05, 0) is 73.2 Å². The maximum Gasteiger partial charge on any atom is 0.303 e. The Kier molecular flexibility index (Phi) is 6.83. The Hall–Kier alpha value is -2.75. The molecular weight excluding hydrogens is 478 g/mol. The van der Waals surface area contributed by atoms with E-state index < -0.39 is 16.0 Å². The van der Waals surface area contributed by atoms with Gasteiger partial charge in [-0.2, -0.15) is 8.42 Å². The van der Waals surface area contributed by atoms with Crippen LogP contribution >= 0.6 is 23.1 Å². The van der Waals surface area contributed by atoms with Crippen molar-refractivity contribution in [1.82, 2.24) is 3.97 Å². The number of aromatic nitrogens is 1. The first-order valence-electron chi connectivity index (χ1n) is 10.3. The summed E-state index contributed by atoms with van der Waals surface area (Å²) in [7, 11) is -3.87. The minimum atomic E-state index is -3.87. The summed E-state index contributed by atoms with van der Waals surface area (Å²) in [5.41, 5.74) is 2.11. The molecular formula is C24H23NO5S3. The Bertz CT molecular complexity index is 1400. The number of fused-ring (bicyclic) bond motifs is 1. The Morgan fingerprint density at radius 2 is 1.88 bits per heavy atom. The van der Waals surface area contributed by atoms with Crippen LogP contribution in [0.15, 0.2) is 69.9 Å². The molecule has 0 bridgehead atoms. The Balaban J connectivity index is 1.76. The predicted molar refractivity (Wildman–Crippen MR) is 133 cm³/mol. The van der Waals surface area contributed by atoms with Crippen molar-refractivity contribution in [1.29, 1.82) is 0 Å². The lowest BCUT2D eigenvalue weighted by Crippen LogP contribution is -2.10. The Morgan fingerprint density at radius 3 is 2.55 bits per heavy atom. The first-order chi connectivity index (χ1) is 15.8. The third-order valence-electron chi connectivity index (χ3n) is 5.21. The molecule has 1 N–H and O–H groups in total. The molecule has 4 rings (SSSR count). The average Bonchev–Trinajstić information content (AvgIpc) is 3.44. The molecule has 0 radical (unpaired) electrons. The number of carboxylic acid groups (broad SMARTS) is 1. The number of hydrogen-bond donors (Lipinski definition) is 1. The predicted octanol–water partition coefficient (Wildman–Crippen LogP) is 5.74. The molecule has 4 aromatic rings. The average molecular weight is 502 g/mol. The first kappa shape index (κ1) is 23.4. The van der Waals surface area contributed by atoms with Crippen LogP contribution in [0.2, 0.25) is 0 Å². The number of aryl methyl sites for hydroxylation is 1. The highest BCUT2D eigenvalue weighted by atomic mass is 32.2. The first-order valence-corrected chi connectivity index (χ1v) is 13.8. The number of nitrogens with zero attached hydrogens (tertiary/aromatic N) is 1. The minimum absolute atomic E-state index is 0.0901. The third-order valence-corrected chi connectivity index (χ3v) is 9.23. The van der Waals surface area contributed by atoms with E-state index in [0.717, 1.165) is 15.3 Å². The van der Waals surface area contributed by atoms with Gasteiger partial charge >= 0.3 is 5.97 Å². The molecule has 0 aliphatic carbocycles. The van der Waals surface area contributed by atoms with Crippen LogP contribution in [0.4, 0.5) is 0 Å². The van der Waals surface area contributed by atoms with Gasteiger partial charge in [0.2, 0.25) is 0 Å². The second-order valence-corrected chi connectivity index (χ2v) is 11.3. The zero-order chi connectivity index (χ0) is 23.6. The van der Waals surface area contributed by atoms with E-state index >= 15 is 0 Å². The van der Waals surface area contributed by atoms with Crippen molar-refractivity contribution in [3.05, 3.63) is 66.4 Å². The van der Waals surface area contributed by atoms with Crippen LogP contribution in [-0.2, 0) is 21.2 Å². The molecule has 0 aliphatic heterocycles. The lowest BCUT2D eigenvalue weighted by Gasteiger charge is -2.07. The number of benzene rings is 2. The lowest BCUT2D eigenvalue weighted by atomic mass is 10.1. The van der Waals surface area contributed by atoms with Crippen LogP contribution in [-0.4, -0.2) is 36.3 Å². The van der Waals surface area contributed by atoms with Crippen LogP contribution in [0.5, 0.6) is 5.75 Å². The van der Waals surface area contributed by atoms with E-state index in [0.29, 0.717) is 28.8 Å². The van der Waals surface area contributed by atoms with Gasteiger partial charge in [-0.15, -0.1) is 23.1 Å². The standard InChI is InChI=1S/C24H23NO5S3/c1-3-30-18-7-10-21-20(14-18)17(6-12-23(26)27)15-25(21)33(28,29)24-13-11-22(32-24)16-4-8-19(31-2)9-5-16/h4-5,7-11,13-15H,3,6,12H2,1-2H3,(H,26,27). The Morgan fingerprint density at radius 1 is 1.12 bits per heavy atom. The molecule has 172 valence electrons. The number of thiophene rings is 1. The fourth-order valence-electron chi connectivity index (χ4n) is 3.61. The fraction of sp³-hybridized carbons (Fsp3) is 0.208. The van der Waals surface area contributed by atoms with Gasteiger partial charge in [-0.25, -0.2) is 3.97 Å². The van der Waals surface area contributed by atoms with Gasteiger partial charge in [0.05, 0.1) is 12.1 Å². The number of ether oxygens (including phenoxy) is 1. The van der Waals surface area contributed by atoms with E-state index in [1.54, 1.807) is 36.0 Å². The molecule has 2 aromatic heterocycles. The summed E-state index contributed by atoms with van der Waals surface area (Å²) in [5.74, 6) is -0.320. The Labute approximate surface area is 200 Å². The molecule has 2 heterocycles. The number of rotatable bonds is 9. The minimum Gasteiger partial charge on any atom is -0.494 e. The van der Waals surface area contributed by atoms with Gasteiger partial charge in [-0.3, -0.25) is 4.79 Å². The van der Waals surface area contributed by atoms with Crippen molar-refractivity contribution in [2.45, 2.75) is 28.9 Å². The zero-order valence-corrected chi connectivity index (χ0v) is 20.6. The van der Waals surface area contributed by atoms with Crippen LogP contribution in [0.1, 0.15) is 18.9 Å². The van der Waals surface area contributed by atoms with Crippen LogP contribution < -0.4 is 4.74 Å². The molecule has 6 nitrogen and oxygen atoms in total. The molecule has 0 unspecified atom stereocenters. The summed E-state index contributed by atoms with van der Waals surface area (Å²) < 4.78 is 34.2. The molecule has 0 fully saturated rings. The maximum atomic E-state index is 13.6. The van der Waals surface area contributed by atoms with E-state index in [4.69, 9.17) is 9.84 Å². The van der Waals surface area contributed by atoms with Gasteiger partial charge < -0.3 is 9.84 Å². The van der Waals surface area contributed by atoms with Crippen molar-refractivity contribution in [3.8, 4) is 16.2 Å². The molecule has 0 saturated heterocycles. The smallest absolute Gasteiger partial charge is 0.303 e. The highest BCUT2D eigenvalue weighted by Crippen LogP contribution is 2.35. The van der Waals surface area contributed by atoms with Crippen LogP contribution in [0.3, 0.4) is 0 Å². The zero-order valence-electron chi connectivity index (χ0n) is 18.1. The summed E-state index contributed by atoms with van der Waals surface area (Å²) in [6.07, 6.45) is 3.67. The van der Waals surface area contributed by atoms with Gasteiger partial charge in [0.15, 0.2) is 0 Å². The van der Waals surface area contributed by atoms with Crippen molar-refractivity contribution < 1.29 is 23.1 Å². The molecule has 9 heteroatoms. The summed E-state index contributed by atoms with van der Waals surface area (Å²) in [5, 5.41) is 9.80. The molecule has 0 spiro atoms. The highest BCUT2D eigenvalue weighted by Gasteiger charge is 2.24. The topological polar surface area (TPSA) is 85.6 Å². The van der Waals surface area contributed by atoms with Crippen molar-refractivity contribution >= 4 is 50.0 Å². The second kappa shape index (κ2) is 9.62. The number of carboxylic acids is 1. The van der Waals surface area contributed by atoms with Crippen molar-refractivity contribution in [2.24, 2.45) is 0 Å². The van der Waals surface area contributed by atoms with Crippen molar-refractivity contribution in [2.75, 3.05) is 12.9 Å². The molecule has 2 aromatic carbocycles. The number of carbonyl (C=O) groups is 1. The monoisotopic (exact) mass is 501 g/mol. The van der Waals surface area contributed by atoms with Crippen LogP contribution in [0, 0.1) is 0 Å². The molecule has 0 aliphatic rings. The maximum absolute atomic E-state index is 13.6. The summed E-state index contributed by atoms with van der Waals surface area (Å²) >= 11 is 2.87. The lowest BCUT2D eigenvalue weighted by molar-refractivity contribution is -0.136. The molecule has 33 heavy (non-hydrogen) atoms. The van der Waals surface area contributed by atoms with E-state index in [9.17, 15) is 13.2 Å². The normalized spacial score (nSPS) is 11.7. The number of aliphatic carboxylic acids is 1. The molecule has 0 amide bonds. The highest BCUT2D eigenvalue weighted by molar-refractivity contribution is 7.98. The van der Waals surface area contributed by atoms with Gasteiger partial charge in [0.1, 0.15) is 9.96 Å². The summed E-state index contributed by atoms with van der Waals surface area (Å²) in [4.78, 5) is 13.1. The second-order valence-electron chi connectivity index (χ2n) is 7.31. The SMILES string of the molecule is CCOc1ccc2c(c1)c(CCC(=O)O)cn2S(=O)(=O)c1ccc(-c2ccc(SC)cc2)s1. The van der Waals surface area contributed by atoms with E-state index in [1.807, 2.05) is 43.5 Å². The van der Waals surface area contributed by atoms with E-state index in [-0.39, 0.29) is 17.1 Å². The largest absolute Gasteiger partial charge is 0.494 e. The fourth-order valence-corrected chi connectivity index (χ4v) is 6.81. The van der Waals surface area contributed by atoms with Gasteiger partial charge in [0.25, 0.3) is 10.0 Å².